The largest absolute Gasteiger partial charge is 0.497 e. The zero-order valence-electron chi connectivity index (χ0n) is 16.6. The van der Waals surface area contributed by atoms with Crippen LogP contribution < -0.4 is 14.8 Å². The molecule has 152 valence electrons. The van der Waals surface area contributed by atoms with Crippen LogP contribution in [0.25, 0.3) is 0 Å². The fourth-order valence-corrected chi connectivity index (χ4v) is 3.34. The molecule has 6 heteroatoms. The second kappa shape index (κ2) is 8.69. The topological polar surface area (TPSA) is 67.9 Å². The zero-order valence-corrected chi connectivity index (χ0v) is 16.6. The molecule has 1 heterocycles. The van der Waals surface area contributed by atoms with E-state index in [4.69, 9.17) is 9.47 Å². The molecule has 0 atom stereocenters. The molecule has 4 rings (SSSR count). The first-order valence-corrected chi connectivity index (χ1v) is 9.65. The van der Waals surface area contributed by atoms with E-state index in [0.29, 0.717) is 30.1 Å². The zero-order chi connectivity index (χ0) is 20.9. The smallest absolute Gasteiger partial charge is 0.261 e. The summed E-state index contributed by atoms with van der Waals surface area (Å²) >= 11 is 0. The fourth-order valence-electron chi connectivity index (χ4n) is 3.34. The highest BCUT2D eigenvalue weighted by molar-refractivity contribution is 6.04. The molecule has 1 aliphatic heterocycles. The number of hydrogen-bond acceptors (Lipinski definition) is 4. The van der Waals surface area contributed by atoms with Crippen LogP contribution in [0.2, 0.25) is 0 Å². The molecule has 0 bridgehead atoms. The standard InChI is InChI=1S/C24H22N2O4/c1-29-21-10-8-20(9-11-21)25-24(28)18-7-12-22-19(13-18)15-26(23(27)16-30-22)14-17-5-3-2-4-6-17/h2-13H,14-16H2,1H3,(H,25,28). The van der Waals surface area contributed by atoms with Gasteiger partial charge in [0.25, 0.3) is 11.8 Å². The van der Waals surface area contributed by atoms with Gasteiger partial charge in [0.05, 0.1) is 7.11 Å². The van der Waals surface area contributed by atoms with Gasteiger partial charge in [0.1, 0.15) is 11.5 Å². The monoisotopic (exact) mass is 402 g/mol. The van der Waals surface area contributed by atoms with Crippen LogP contribution in [0, 0.1) is 0 Å². The van der Waals surface area contributed by atoms with Crippen molar-refractivity contribution in [1.82, 2.24) is 4.90 Å². The van der Waals surface area contributed by atoms with Crippen molar-refractivity contribution in [3.63, 3.8) is 0 Å². The summed E-state index contributed by atoms with van der Waals surface area (Å²) < 4.78 is 10.8. The summed E-state index contributed by atoms with van der Waals surface area (Å²) in [4.78, 5) is 27.0. The Morgan fingerprint density at radius 3 is 2.57 bits per heavy atom. The van der Waals surface area contributed by atoms with Gasteiger partial charge in [-0.3, -0.25) is 9.59 Å². The highest BCUT2D eigenvalue weighted by atomic mass is 16.5. The molecule has 0 saturated heterocycles. The van der Waals surface area contributed by atoms with Gasteiger partial charge in [-0.05, 0) is 48.0 Å². The van der Waals surface area contributed by atoms with Crippen molar-refractivity contribution in [1.29, 1.82) is 0 Å². The number of carbonyl (C=O) groups excluding carboxylic acids is 2. The first-order chi connectivity index (χ1) is 14.6. The van der Waals surface area contributed by atoms with Gasteiger partial charge in [-0.1, -0.05) is 30.3 Å². The molecule has 0 unspecified atom stereocenters. The average molecular weight is 402 g/mol. The number of methoxy groups -OCH3 is 1. The summed E-state index contributed by atoms with van der Waals surface area (Å²) in [5.74, 6) is 1.03. The molecule has 1 N–H and O–H groups in total. The molecule has 0 radical (unpaired) electrons. The van der Waals surface area contributed by atoms with Crippen molar-refractivity contribution in [3.8, 4) is 11.5 Å². The lowest BCUT2D eigenvalue weighted by atomic mass is 10.1. The number of hydrogen-bond donors (Lipinski definition) is 1. The Morgan fingerprint density at radius 1 is 1.07 bits per heavy atom. The van der Waals surface area contributed by atoms with E-state index in [2.05, 4.69) is 5.32 Å². The van der Waals surface area contributed by atoms with Gasteiger partial charge in [0.2, 0.25) is 0 Å². The number of benzene rings is 3. The first-order valence-electron chi connectivity index (χ1n) is 9.65. The number of anilines is 1. The quantitative estimate of drug-likeness (QED) is 0.704. The molecule has 0 spiro atoms. The van der Waals surface area contributed by atoms with Gasteiger partial charge < -0.3 is 19.7 Å². The number of amides is 2. The van der Waals surface area contributed by atoms with E-state index in [1.807, 2.05) is 30.3 Å². The Hall–Kier alpha value is -3.80. The Morgan fingerprint density at radius 2 is 1.83 bits per heavy atom. The summed E-state index contributed by atoms with van der Waals surface area (Å²) in [6.07, 6.45) is 0. The Balaban J connectivity index is 1.52. The Labute approximate surface area is 175 Å². The second-order valence-corrected chi connectivity index (χ2v) is 7.03. The summed E-state index contributed by atoms with van der Waals surface area (Å²) in [6.45, 7) is 0.856. The molecule has 0 saturated carbocycles. The predicted octanol–water partition coefficient (Wildman–Crippen LogP) is 3.87. The maximum absolute atomic E-state index is 12.7. The highest BCUT2D eigenvalue weighted by Gasteiger charge is 2.22. The van der Waals surface area contributed by atoms with Crippen molar-refractivity contribution < 1.29 is 19.1 Å². The van der Waals surface area contributed by atoms with Crippen LogP contribution in [0.15, 0.2) is 72.8 Å². The summed E-state index contributed by atoms with van der Waals surface area (Å²) in [6, 6.07) is 22.2. The normalized spacial score (nSPS) is 13.1. The van der Waals surface area contributed by atoms with Crippen molar-refractivity contribution in [2.24, 2.45) is 0 Å². The van der Waals surface area contributed by atoms with E-state index in [0.717, 1.165) is 16.9 Å². The molecule has 6 nitrogen and oxygen atoms in total. The number of nitrogens with one attached hydrogen (secondary N) is 1. The van der Waals surface area contributed by atoms with E-state index in [1.165, 1.54) is 0 Å². The number of carbonyl (C=O) groups is 2. The third-order valence-corrected chi connectivity index (χ3v) is 4.95. The second-order valence-electron chi connectivity index (χ2n) is 7.03. The van der Waals surface area contributed by atoms with E-state index in [-0.39, 0.29) is 18.4 Å². The molecular weight excluding hydrogens is 380 g/mol. The maximum Gasteiger partial charge on any atom is 0.261 e. The lowest BCUT2D eigenvalue weighted by Gasteiger charge is -2.20. The van der Waals surface area contributed by atoms with Gasteiger partial charge in [0.15, 0.2) is 6.61 Å². The van der Waals surface area contributed by atoms with Crippen molar-refractivity contribution >= 4 is 17.5 Å². The number of nitrogens with zero attached hydrogens (tertiary/aromatic N) is 1. The molecule has 30 heavy (non-hydrogen) atoms. The first kappa shape index (κ1) is 19.5. The molecular formula is C24H22N2O4. The van der Waals surface area contributed by atoms with Crippen molar-refractivity contribution in [2.75, 3.05) is 19.0 Å². The SMILES string of the molecule is COc1ccc(NC(=O)c2ccc3c(c2)CN(Cc2ccccc2)C(=O)CO3)cc1. The van der Waals surface area contributed by atoms with Crippen molar-refractivity contribution in [2.45, 2.75) is 13.1 Å². The lowest BCUT2D eigenvalue weighted by Crippen LogP contribution is -2.31. The van der Waals surface area contributed by atoms with Crippen LogP contribution in [0.3, 0.4) is 0 Å². The molecule has 0 aliphatic carbocycles. The summed E-state index contributed by atoms with van der Waals surface area (Å²) in [7, 11) is 1.59. The minimum atomic E-state index is -0.229. The van der Waals surface area contributed by atoms with Crippen LogP contribution in [0.4, 0.5) is 5.69 Å². The van der Waals surface area contributed by atoms with Gasteiger partial charge in [-0.15, -0.1) is 0 Å². The third-order valence-electron chi connectivity index (χ3n) is 4.95. The van der Waals surface area contributed by atoms with Crippen LogP contribution in [0.5, 0.6) is 11.5 Å². The maximum atomic E-state index is 12.7. The average Bonchev–Trinajstić information content (AvgIpc) is 2.93. The molecule has 3 aromatic rings. The number of fused-ring (bicyclic) bond motifs is 1. The summed E-state index contributed by atoms with van der Waals surface area (Å²) in [5.41, 5.74) is 3.02. The van der Waals surface area contributed by atoms with E-state index >= 15 is 0 Å². The van der Waals surface area contributed by atoms with Gasteiger partial charge in [0, 0.05) is 29.9 Å². The Bertz CT molecular complexity index is 1050. The van der Waals surface area contributed by atoms with E-state index in [9.17, 15) is 9.59 Å². The predicted molar refractivity (Wildman–Crippen MR) is 114 cm³/mol. The third kappa shape index (κ3) is 4.43. The van der Waals surface area contributed by atoms with Gasteiger partial charge >= 0.3 is 0 Å². The minimum Gasteiger partial charge on any atom is -0.497 e. The fraction of sp³-hybridized carbons (Fsp3) is 0.167. The lowest BCUT2D eigenvalue weighted by molar-refractivity contribution is -0.133. The van der Waals surface area contributed by atoms with Crippen molar-refractivity contribution in [3.05, 3.63) is 89.5 Å². The molecule has 3 aromatic carbocycles. The molecule has 0 fully saturated rings. The van der Waals surface area contributed by atoms with Gasteiger partial charge in [-0.2, -0.15) is 0 Å². The van der Waals surface area contributed by atoms with Gasteiger partial charge in [-0.25, -0.2) is 0 Å². The molecule has 2 amide bonds. The molecule has 0 aromatic heterocycles. The number of rotatable bonds is 5. The highest BCUT2D eigenvalue weighted by Crippen LogP contribution is 2.26. The van der Waals surface area contributed by atoms with E-state index < -0.39 is 0 Å². The number of ether oxygens (including phenoxy) is 2. The summed E-state index contributed by atoms with van der Waals surface area (Å²) in [5, 5.41) is 2.88. The van der Waals surface area contributed by atoms with Crippen LogP contribution in [-0.2, 0) is 17.9 Å². The molecule has 1 aliphatic rings. The Kier molecular flexibility index (Phi) is 5.66. The van der Waals surface area contributed by atoms with E-state index in [1.54, 1.807) is 54.5 Å². The minimum absolute atomic E-state index is 0.0166. The van der Waals surface area contributed by atoms with Crippen LogP contribution >= 0.6 is 0 Å². The van der Waals surface area contributed by atoms with Crippen LogP contribution in [-0.4, -0.2) is 30.4 Å². The van der Waals surface area contributed by atoms with Crippen LogP contribution in [0.1, 0.15) is 21.5 Å².